The highest BCUT2D eigenvalue weighted by Crippen LogP contribution is 1.88. The zero-order valence-corrected chi connectivity index (χ0v) is 19.7. The van der Waals surface area contributed by atoms with Crippen LogP contribution >= 0.6 is 0 Å². The van der Waals surface area contributed by atoms with Gasteiger partial charge in [-0.05, 0) is 7.05 Å². The Morgan fingerprint density at radius 3 is 0.844 bits per heavy atom. The third kappa shape index (κ3) is 27.6. The lowest BCUT2D eigenvalue weighted by molar-refractivity contribution is -0.0146. The van der Waals surface area contributed by atoms with E-state index in [9.17, 15) is 0 Å². The summed E-state index contributed by atoms with van der Waals surface area (Å²) in [5, 5.41) is 17.1. The van der Waals surface area contributed by atoms with Crippen LogP contribution in [0.1, 0.15) is 0 Å². The largest absolute Gasteiger partial charge is 0.394 e. The molecule has 0 aromatic carbocycles. The minimum atomic E-state index is 0.0311. The smallest absolute Gasteiger partial charge is 0.0701 e. The summed E-state index contributed by atoms with van der Waals surface area (Å²) in [5.41, 5.74) is 0. The quantitative estimate of drug-likeness (QED) is 0.137. The summed E-state index contributed by atoms with van der Waals surface area (Å²) in [6.45, 7) is 9.95. The Bertz CT molecular complexity index is 342. The van der Waals surface area contributed by atoms with Crippen molar-refractivity contribution in [3.63, 3.8) is 0 Å². The van der Waals surface area contributed by atoms with Crippen molar-refractivity contribution in [3.05, 3.63) is 0 Å². The van der Waals surface area contributed by atoms with Crippen LogP contribution in [0.2, 0.25) is 0 Å². The highest BCUT2D eigenvalue weighted by Gasteiger charge is 1.99. The van der Waals surface area contributed by atoms with Crippen LogP contribution in [-0.4, -0.2) is 154 Å². The van der Waals surface area contributed by atoms with Gasteiger partial charge in [0.2, 0.25) is 0 Å². The van der Waals surface area contributed by atoms with Crippen molar-refractivity contribution in [1.29, 1.82) is 0 Å². The fourth-order valence-corrected chi connectivity index (χ4v) is 2.21. The molecule has 0 aromatic heterocycles. The molecular weight excluding hydrogens is 426 g/mol. The first kappa shape index (κ1) is 31.6. The van der Waals surface area contributed by atoms with Crippen LogP contribution in [0.5, 0.6) is 0 Å². The van der Waals surface area contributed by atoms with E-state index in [2.05, 4.69) is 4.90 Å². The molecule has 0 unspecified atom stereocenters. The van der Waals surface area contributed by atoms with Crippen LogP contribution in [0.25, 0.3) is 0 Å². The first-order valence-electron chi connectivity index (χ1n) is 11.3. The molecule has 0 aliphatic heterocycles. The fourth-order valence-electron chi connectivity index (χ4n) is 2.21. The van der Waals surface area contributed by atoms with Gasteiger partial charge in [-0.1, -0.05) is 0 Å². The average molecular weight is 472 g/mol. The Labute approximate surface area is 192 Å². The molecule has 0 heterocycles. The molecule has 0 spiro atoms. The Hall–Kier alpha value is -0.440. The number of aliphatic hydroxyl groups is 2. The second-order valence-corrected chi connectivity index (χ2v) is 6.65. The Kier molecular flexibility index (Phi) is 28.2. The van der Waals surface area contributed by atoms with Crippen molar-refractivity contribution in [1.82, 2.24) is 4.90 Å². The van der Waals surface area contributed by atoms with E-state index in [0.717, 1.165) is 13.1 Å². The number of hydrogen-bond acceptors (Lipinski definition) is 11. The SMILES string of the molecule is CN(CCOCCOCCOCCO)CCOCCOCCOCCOCCOCCO. The lowest BCUT2D eigenvalue weighted by atomic mass is 10.5. The second kappa shape index (κ2) is 28.6. The van der Waals surface area contributed by atoms with Crippen molar-refractivity contribution in [2.75, 3.05) is 139 Å². The monoisotopic (exact) mass is 471 g/mol. The lowest BCUT2D eigenvalue weighted by Gasteiger charge is -2.16. The van der Waals surface area contributed by atoms with E-state index in [1.54, 1.807) is 0 Å². The predicted octanol–water partition coefficient (Wildman–Crippen LogP) is -0.964. The molecule has 0 rings (SSSR count). The normalized spacial score (nSPS) is 11.6. The molecule has 0 amide bonds. The Balaban J connectivity index is 3.12. The number of rotatable bonds is 28. The maximum Gasteiger partial charge on any atom is 0.0701 e. The summed E-state index contributed by atoms with van der Waals surface area (Å²) < 4.78 is 42.8. The van der Waals surface area contributed by atoms with Crippen LogP contribution in [-0.2, 0) is 37.9 Å². The fraction of sp³-hybridized carbons (Fsp3) is 1.00. The van der Waals surface area contributed by atoms with Crippen molar-refractivity contribution >= 4 is 0 Å². The van der Waals surface area contributed by atoms with Crippen LogP contribution in [0.3, 0.4) is 0 Å². The van der Waals surface area contributed by atoms with Gasteiger partial charge in [0.25, 0.3) is 0 Å². The van der Waals surface area contributed by atoms with Crippen LogP contribution < -0.4 is 0 Å². The van der Waals surface area contributed by atoms with Crippen molar-refractivity contribution in [3.8, 4) is 0 Å². The molecule has 32 heavy (non-hydrogen) atoms. The van der Waals surface area contributed by atoms with Gasteiger partial charge in [-0.15, -0.1) is 0 Å². The summed E-state index contributed by atoms with van der Waals surface area (Å²) in [6.07, 6.45) is 0. The molecule has 0 bridgehead atoms. The van der Waals surface area contributed by atoms with Gasteiger partial charge < -0.3 is 53.0 Å². The van der Waals surface area contributed by atoms with Gasteiger partial charge in [-0.25, -0.2) is 0 Å². The molecule has 0 radical (unpaired) electrons. The van der Waals surface area contributed by atoms with E-state index >= 15 is 0 Å². The Morgan fingerprint density at radius 2 is 0.594 bits per heavy atom. The molecule has 0 aliphatic rings. The maximum absolute atomic E-state index is 8.56. The predicted molar refractivity (Wildman–Crippen MR) is 118 cm³/mol. The minimum absolute atomic E-state index is 0.0311. The number of nitrogens with zero attached hydrogens (tertiary/aromatic N) is 1. The average Bonchev–Trinajstić information content (AvgIpc) is 2.80. The highest BCUT2D eigenvalue weighted by atomic mass is 16.6. The molecule has 194 valence electrons. The first-order valence-corrected chi connectivity index (χ1v) is 11.3. The van der Waals surface area contributed by atoms with Crippen LogP contribution in [0.15, 0.2) is 0 Å². The van der Waals surface area contributed by atoms with Crippen LogP contribution in [0, 0.1) is 0 Å². The van der Waals surface area contributed by atoms with Gasteiger partial charge in [0, 0.05) is 13.1 Å². The minimum Gasteiger partial charge on any atom is -0.394 e. The molecule has 0 saturated heterocycles. The number of ether oxygens (including phenoxy) is 8. The topological polar surface area (TPSA) is 118 Å². The maximum atomic E-state index is 8.56. The molecule has 0 fully saturated rings. The standard InChI is InChI=1S/C21H45NO10/c1-22(2-6-25-10-14-29-16-12-27-8-4-23)3-7-26-11-15-30-18-20-32-21-19-31-17-13-28-9-5-24/h23-24H,2-21H2,1H3. The van der Waals surface area contributed by atoms with E-state index in [4.69, 9.17) is 48.1 Å². The zero-order valence-electron chi connectivity index (χ0n) is 19.7. The van der Waals surface area contributed by atoms with Gasteiger partial charge in [-0.2, -0.15) is 0 Å². The first-order chi connectivity index (χ1) is 15.8. The zero-order chi connectivity index (χ0) is 23.4. The molecule has 0 atom stereocenters. The van der Waals surface area contributed by atoms with E-state index < -0.39 is 0 Å². The molecule has 0 aliphatic carbocycles. The van der Waals surface area contributed by atoms with Crippen molar-refractivity contribution < 1.29 is 48.1 Å². The van der Waals surface area contributed by atoms with Gasteiger partial charge in [0.05, 0.1) is 119 Å². The summed E-state index contributed by atoms with van der Waals surface area (Å²) in [7, 11) is 2.03. The molecule has 0 saturated carbocycles. The summed E-state index contributed by atoms with van der Waals surface area (Å²) in [6, 6.07) is 0. The second-order valence-electron chi connectivity index (χ2n) is 6.65. The van der Waals surface area contributed by atoms with Gasteiger partial charge >= 0.3 is 0 Å². The Morgan fingerprint density at radius 1 is 0.375 bits per heavy atom. The van der Waals surface area contributed by atoms with E-state index in [0.29, 0.717) is 106 Å². The summed E-state index contributed by atoms with van der Waals surface area (Å²) >= 11 is 0. The van der Waals surface area contributed by atoms with Crippen molar-refractivity contribution in [2.45, 2.75) is 0 Å². The number of hydrogen-bond donors (Lipinski definition) is 2. The lowest BCUT2D eigenvalue weighted by Crippen LogP contribution is -2.28. The molecule has 11 nitrogen and oxygen atoms in total. The molecule has 11 heteroatoms. The summed E-state index contributed by atoms with van der Waals surface area (Å²) in [5.74, 6) is 0. The van der Waals surface area contributed by atoms with E-state index in [1.807, 2.05) is 7.05 Å². The van der Waals surface area contributed by atoms with Gasteiger partial charge in [0.15, 0.2) is 0 Å². The number of aliphatic hydroxyl groups excluding tert-OH is 2. The molecule has 0 aromatic rings. The third-order valence-corrected chi connectivity index (χ3v) is 3.94. The van der Waals surface area contributed by atoms with Crippen molar-refractivity contribution in [2.24, 2.45) is 0 Å². The molecule has 2 N–H and O–H groups in total. The van der Waals surface area contributed by atoms with Gasteiger partial charge in [0.1, 0.15) is 0 Å². The number of likely N-dealkylation sites (N-methyl/N-ethyl adjacent to an activating group) is 1. The molecular formula is C21H45NO10. The van der Waals surface area contributed by atoms with Gasteiger partial charge in [-0.3, -0.25) is 0 Å². The van der Waals surface area contributed by atoms with E-state index in [1.165, 1.54) is 0 Å². The summed E-state index contributed by atoms with van der Waals surface area (Å²) in [4.78, 5) is 2.15. The van der Waals surface area contributed by atoms with E-state index in [-0.39, 0.29) is 13.2 Å². The highest BCUT2D eigenvalue weighted by molar-refractivity contribution is 4.49. The third-order valence-electron chi connectivity index (χ3n) is 3.94. The van der Waals surface area contributed by atoms with Crippen LogP contribution in [0.4, 0.5) is 0 Å².